The summed E-state index contributed by atoms with van der Waals surface area (Å²) in [5.41, 5.74) is -0.941. The Morgan fingerprint density at radius 1 is 0.419 bits per heavy atom. The van der Waals surface area contributed by atoms with Crippen molar-refractivity contribution in [1.82, 2.24) is 0 Å². The highest BCUT2D eigenvalue weighted by molar-refractivity contribution is 7.91. The second kappa shape index (κ2) is 37.6. The van der Waals surface area contributed by atoms with Crippen molar-refractivity contribution in [3.05, 3.63) is 59.7 Å². The topological polar surface area (TPSA) is 112 Å². The van der Waals surface area contributed by atoms with Crippen molar-refractivity contribution >= 4 is 21.8 Å². The molecular formula is C54H93NO6S. The summed E-state index contributed by atoms with van der Waals surface area (Å²) in [5.74, 6) is -3.07. The third-order valence-electron chi connectivity index (χ3n) is 12.7. The molecule has 0 heterocycles. The van der Waals surface area contributed by atoms with Crippen LogP contribution in [0.3, 0.4) is 0 Å². The first-order chi connectivity index (χ1) is 30.1. The van der Waals surface area contributed by atoms with Gasteiger partial charge in [-0.3, -0.25) is 0 Å². The summed E-state index contributed by atoms with van der Waals surface area (Å²) in [6.07, 6.45) is 46.7. The van der Waals surface area contributed by atoms with Crippen LogP contribution in [0.5, 0.6) is 0 Å². The van der Waals surface area contributed by atoms with Crippen LogP contribution in [-0.2, 0) is 9.84 Å². The lowest BCUT2D eigenvalue weighted by Gasteiger charge is -2.40. The minimum Gasteiger partial charge on any atom is -0.545 e. The molecule has 8 heteroatoms. The van der Waals surface area contributed by atoms with Crippen molar-refractivity contribution in [3.8, 4) is 0 Å². The molecule has 2 aromatic rings. The Bertz CT molecular complexity index is 1360. The van der Waals surface area contributed by atoms with Crippen molar-refractivity contribution in [2.24, 2.45) is 0 Å². The fourth-order valence-electron chi connectivity index (χ4n) is 8.86. The van der Waals surface area contributed by atoms with E-state index in [2.05, 4.69) is 27.7 Å². The van der Waals surface area contributed by atoms with Crippen molar-refractivity contribution in [2.45, 2.75) is 243 Å². The quantitative estimate of drug-likeness (QED) is 0.0527. The van der Waals surface area contributed by atoms with E-state index >= 15 is 0 Å². The highest BCUT2D eigenvalue weighted by atomic mass is 32.2. The van der Waals surface area contributed by atoms with E-state index < -0.39 is 42.7 Å². The van der Waals surface area contributed by atoms with Crippen LogP contribution in [0.25, 0.3) is 0 Å². The van der Waals surface area contributed by atoms with E-state index in [9.17, 15) is 23.1 Å². The summed E-state index contributed by atoms with van der Waals surface area (Å²) < 4.78 is 26.5. The SMILES string of the molecule is CCCCCCCCCC[N+](CCCCCCCCCC)(CCCCCCCCCC)CCCCCCCCCC.O=C([O-])c1ccccc1S(=O)(=O)c1ccccc1C(=O)O. The third kappa shape index (κ3) is 26.2. The number of rotatable bonds is 40. The van der Waals surface area contributed by atoms with Crippen LogP contribution in [0.1, 0.15) is 254 Å². The number of unbranched alkanes of at least 4 members (excludes halogenated alkanes) is 28. The summed E-state index contributed by atoms with van der Waals surface area (Å²) >= 11 is 0. The molecule has 0 amide bonds. The molecule has 0 saturated heterocycles. The van der Waals surface area contributed by atoms with Crippen LogP contribution in [0.2, 0.25) is 0 Å². The van der Waals surface area contributed by atoms with Crippen molar-refractivity contribution in [3.63, 3.8) is 0 Å². The lowest BCUT2D eigenvalue weighted by atomic mass is 10.0. The normalized spacial score (nSPS) is 11.7. The Morgan fingerprint density at radius 3 is 0.935 bits per heavy atom. The van der Waals surface area contributed by atoms with Gasteiger partial charge in [0.2, 0.25) is 9.84 Å². The van der Waals surface area contributed by atoms with Crippen LogP contribution >= 0.6 is 0 Å². The summed E-state index contributed by atoms with van der Waals surface area (Å²) in [7, 11) is -4.29. The number of quaternary nitrogens is 1. The number of carbonyl (C=O) groups is 2. The standard InChI is InChI=1S/C40H84N.C14H10O6S/c1-5-9-13-17-21-25-29-33-37-41(38-34-30-26-22-18-14-10-6-2,39-35-31-27-23-19-15-11-7-3)40-36-32-28-24-20-16-12-8-4;15-13(16)9-5-1-3-7-11(9)21(19,20)12-8-4-2-6-10(12)14(17)18/h5-40H2,1-4H3;1-8H,(H,15,16)(H,17,18)/q+1;/p-1. The number of carbonyl (C=O) groups excluding carboxylic acids is 1. The molecule has 0 saturated carbocycles. The van der Waals surface area contributed by atoms with E-state index in [0.29, 0.717) is 0 Å². The number of hydrogen-bond donors (Lipinski definition) is 1. The van der Waals surface area contributed by atoms with Gasteiger partial charge in [-0.2, -0.15) is 0 Å². The predicted molar refractivity (Wildman–Crippen MR) is 260 cm³/mol. The molecule has 2 aromatic carbocycles. The van der Waals surface area contributed by atoms with Crippen LogP contribution < -0.4 is 5.11 Å². The van der Waals surface area contributed by atoms with Gasteiger partial charge in [0.05, 0.1) is 47.5 Å². The summed E-state index contributed by atoms with van der Waals surface area (Å²) in [5, 5.41) is 20.1. The average Bonchev–Trinajstić information content (AvgIpc) is 3.27. The zero-order chi connectivity index (χ0) is 45.6. The number of hydrogen-bond acceptors (Lipinski definition) is 5. The van der Waals surface area contributed by atoms with Gasteiger partial charge in [-0.25, -0.2) is 13.2 Å². The van der Waals surface area contributed by atoms with Gasteiger partial charge < -0.3 is 19.5 Å². The minimum absolute atomic E-state index is 0.425. The first-order valence-corrected chi connectivity index (χ1v) is 27.3. The summed E-state index contributed by atoms with van der Waals surface area (Å²) in [4.78, 5) is 21.2. The molecule has 2 rings (SSSR count). The summed E-state index contributed by atoms with van der Waals surface area (Å²) in [6, 6.07) is 9.89. The van der Waals surface area contributed by atoms with Gasteiger partial charge in [0, 0.05) is 5.56 Å². The Kier molecular flexibility index (Phi) is 34.8. The molecule has 0 atom stereocenters. The monoisotopic (exact) mass is 884 g/mol. The van der Waals surface area contributed by atoms with Gasteiger partial charge in [0.25, 0.3) is 0 Å². The van der Waals surface area contributed by atoms with Gasteiger partial charge in [-0.1, -0.05) is 212 Å². The van der Waals surface area contributed by atoms with Crippen LogP contribution in [-0.4, -0.2) is 56.1 Å². The van der Waals surface area contributed by atoms with Crippen LogP contribution in [0.4, 0.5) is 0 Å². The Morgan fingerprint density at radius 2 is 0.661 bits per heavy atom. The minimum atomic E-state index is -4.29. The van der Waals surface area contributed by atoms with Crippen molar-refractivity contribution in [2.75, 3.05) is 26.2 Å². The highest BCUT2D eigenvalue weighted by Crippen LogP contribution is 2.27. The average molecular weight is 884 g/mol. The van der Waals surface area contributed by atoms with E-state index in [4.69, 9.17) is 5.11 Å². The van der Waals surface area contributed by atoms with Gasteiger partial charge in [0.15, 0.2) is 0 Å². The van der Waals surface area contributed by atoms with Crippen molar-refractivity contribution < 1.29 is 32.7 Å². The maximum Gasteiger partial charge on any atom is 0.337 e. The van der Waals surface area contributed by atoms with E-state index in [1.807, 2.05) is 0 Å². The lowest BCUT2D eigenvalue weighted by molar-refractivity contribution is -0.929. The van der Waals surface area contributed by atoms with Crippen LogP contribution in [0.15, 0.2) is 58.3 Å². The number of aromatic carboxylic acids is 2. The highest BCUT2D eigenvalue weighted by Gasteiger charge is 2.27. The molecule has 0 unspecified atom stereocenters. The predicted octanol–water partition coefficient (Wildman–Crippen LogP) is 14.9. The molecule has 7 nitrogen and oxygen atoms in total. The maximum absolute atomic E-state index is 12.5. The zero-order valence-corrected chi connectivity index (χ0v) is 41.2. The molecule has 0 fully saturated rings. The Hall–Kier alpha value is -2.71. The summed E-state index contributed by atoms with van der Waals surface area (Å²) in [6.45, 7) is 15.3. The molecule has 62 heavy (non-hydrogen) atoms. The molecule has 0 aliphatic rings. The third-order valence-corrected chi connectivity index (χ3v) is 14.6. The molecule has 0 radical (unpaired) electrons. The lowest BCUT2D eigenvalue weighted by Crippen LogP contribution is -2.50. The Balaban J connectivity index is 0.000000757. The van der Waals surface area contributed by atoms with Crippen LogP contribution in [0, 0.1) is 0 Å². The fraction of sp³-hybridized carbons (Fsp3) is 0.741. The molecule has 356 valence electrons. The first-order valence-electron chi connectivity index (χ1n) is 25.8. The second-order valence-corrected chi connectivity index (χ2v) is 20.1. The molecular weight excluding hydrogens is 791 g/mol. The van der Waals surface area contributed by atoms with Gasteiger partial charge in [-0.05, 0) is 69.6 Å². The zero-order valence-electron chi connectivity index (χ0n) is 40.4. The molecule has 0 aliphatic heterocycles. The smallest absolute Gasteiger partial charge is 0.337 e. The van der Waals surface area contributed by atoms with E-state index in [0.717, 1.165) is 24.3 Å². The number of benzene rings is 2. The van der Waals surface area contributed by atoms with E-state index in [1.165, 1.54) is 260 Å². The van der Waals surface area contributed by atoms with Gasteiger partial charge >= 0.3 is 5.97 Å². The largest absolute Gasteiger partial charge is 0.545 e. The number of nitrogens with zero attached hydrogens (tertiary/aromatic N) is 1. The Labute approximate surface area is 381 Å². The maximum atomic E-state index is 12.5. The molecule has 1 N–H and O–H groups in total. The van der Waals surface area contributed by atoms with E-state index in [1.54, 1.807) is 0 Å². The molecule has 0 aromatic heterocycles. The number of carboxylic acids is 2. The first kappa shape index (κ1) is 57.3. The second-order valence-electron chi connectivity index (χ2n) is 18.2. The molecule has 0 aliphatic carbocycles. The molecule has 0 spiro atoms. The van der Waals surface area contributed by atoms with Gasteiger partial charge in [0.1, 0.15) is 0 Å². The number of carboxylic acid groups (broad SMARTS) is 2. The number of sulfone groups is 1. The van der Waals surface area contributed by atoms with E-state index in [-0.39, 0.29) is 0 Å². The van der Waals surface area contributed by atoms with Gasteiger partial charge in [-0.15, -0.1) is 0 Å². The molecule has 0 bridgehead atoms. The van der Waals surface area contributed by atoms with Crippen molar-refractivity contribution in [1.29, 1.82) is 0 Å². The fourth-order valence-corrected chi connectivity index (χ4v) is 10.5.